The van der Waals surface area contributed by atoms with E-state index in [4.69, 9.17) is 26.8 Å². The predicted octanol–water partition coefficient (Wildman–Crippen LogP) is 2.57. The molecule has 2 aliphatic carbocycles. The molecular formula is C19H30ClFN2O3. The van der Waals surface area contributed by atoms with Gasteiger partial charge < -0.3 is 20.3 Å². The van der Waals surface area contributed by atoms with Crippen LogP contribution >= 0.6 is 11.6 Å². The smallest absolute Gasteiger partial charge is 0.131 e. The van der Waals surface area contributed by atoms with Crippen molar-refractivity contribution in [3.05, 3.63) is 0 Å². The molecule has 26 heavy (non-hydrogen) atoms. The molecule has 4 rings (SSSR count). The summed E-state index contributed by atoms with van der Waals surface area (Å²) in [4.78, 5) is 4.57. The average Bonchev–Trinajstić information content (AvgIpc) is 2.89. The highest BCUT2D eigenvalue weighted by molar-refractivity contribution is 6.20. The van der Waals surface area contributed by atoms with E-state index in [1.807, 2.05) is 0 Å². The van der Waals surface area contributed by atoms with Gasteiger partial charge in [-0.25, -0.2) is 4.39 Å². The molecule has 0 aromatic heterocycles. The highest BCUT2D eigenvalue weighted by Crippen LogP contribution is 2.49. The first-order valence-corrected chi connectivity index (χ1v) is 10.5. The standard InChI is InChI=1S/C19H30ClFN2O3/c20-11-1-3-16-14(9-11)19(24,18(22)23-16)15-10-12(21)2-4-17(15)26-13-5-7-25-8-6-13/h11-17,24H,1-10H2,(H2,22,23). The number of ether oxygens (including phenoxy) is 2. The first-order valence-electron chi connectivity index (χ1n) is 10.1. The maximum Gasteiger partial charge on any atom is 0.131 e. The SMILES string of the molecule is NC1=NC2CCC(Cl)CC2C1(O)C1CC(F)CCC1OC1CCOCC1. The molecule has 7 unspecified atom stereocenters. The zero-order chi connectivity index (χ0) is 18.3. The Labute approximate surface area is 159 Å². The van der Waals surface area contributed by atoms with Crippen LogP contribution in [0.25, 0.3) is 0 Å². The lowest BCUT2D eigenvalue weighted by atomic mass is 9.64. The second-order valence-corrected chi connectivity index (χ2v) is 9.04. The van der Waals surface area contributed by atoms with Gasteiger partial charge >= 0.3 is 0 Å². The zero-order valence-electron chi connectivity index (χ0n) is 15.2. The van der Waals surface area contributed by atoms with Gasteiger partial charge in [0.15, 0.2) is 0 Å². The molecule has 148 valence electrons. The number of rotatable bonds is 3. The molecule has 1 saturated heterocycles. The minimum Gasteiger partial charge on any atom is -0.385 e. The van der Waals surface area contributed by atoms with Crippen LogP contribution in [0.15, 0.2) is 4.99 Å². The van der Waals surface area contributed by atoms with Crippen molar-refractivity contribution in [2.24, 2.45) is 22.6 Å². The molecule has 7 heteroatoms. The summed E-state index contributed by atoms with van der Waals surface area (Å²) in [5.41, 5.74) is 4.94. The van der Waals surface area contributed by atoms with Gasteiger partial charge in [0.25, 0.3) is 0 Å². The van der Waals surface area contributed by atoms with Crippen molar-refractivity contribution in [1.29, 1.82) is 0 Å². The summed E-state index contributed by atoms with van der Waals surface area (Å²) < 4.78 is 26.1. The van der Waals surface area contributed by atoms with E-state index in [0.29, 0.717) is 32.5 Å². The summed E-state index contributed by atoms with van der Waals surface area (Å²) in [7, 11) is 0. The van der Waals surface area contributed by atoms with Gasteiger partial charge in [0.05, 0.1) is 18.2 Å². The number of hydrogen-bond acceptors (Lipinski definition) is 5. The van der Waals surface area contributed by atoms with E-state index in [2.05, 4.69) is 4.99 Å². The fourth-order valence-electron chi connectivity index (χ4n) is 5.44. The van der Waals surface area contributed by atoms with E-state index in [0.717, 1.165) is 25.7 Å². The summed E-state index contributed by atoms with van der Waals surface area (Å²) >= 11 is 6.40. The second kappa shape index (κ2) is 7.53. The molecule has 5 nitrogen and oxygen atoms in total. The molecule has 0 aromatic rings. The minimum atomic E-state index is -1.31. The largest absolute Gasteiger partial charge is 0.385 e. The summed E-state index contributed by atoms with van der Waals surface area (Å²) in [6, 6.07) is -0.00119. The molecule has 2 heterocycles. The molecule has 7 atom stereocenters. The predicted molar refractivity (Wildman–Crippen MR) is 98.3 cm³/mol. The Balaban J connectivity index is 1.57. The van der Waals surface area contributed by atoms with Gasteiger partial charge in [-0.15, -0.1) is 11.6 Å². The molecule has 2 aliphatic heterocycles. The van der Waals surface area contributed by atoms with Gasteiger partial charge in [-0.2, -0.15) is 0 Å². The van der Waals surface area contributed by atoms with E-state index < -0.39 is 11.8 Å². The van der Waals surface area contributed by atoms with Crippen molar-refractivity contribution in [3.63, 3.8) is 0 Å². The van der Waals surface area contributed by atoms with Gasteiger partial charge in [-0.05, 0) is 51.4 Å². The number of amidine groups is 1. The van der Waals surface area contributed by atoms with Crippen molar-refractivity contribution in [3.8, 4) is 0 Å². The van der Waals surface area contributed by atoms with Crippen molar-refractivity contribution in [2.45, 2.75) is 86.8 Å². The van der Waals surface area contributed by atoms with Crippen LogP contribution in [0.4, 0.5) is 4.39 Å². The molecule has 3 N–H and O–H groups in total. The number of nitrogens with zero attached hydrogens (tertiary/aromatic N) is 1. The quantitative estimate of drug-likeness (QED) is 0.728. The lowest BCUT2D eigenvalue weighted by molar-refractivity contribution is -0.150. The van der Waals surface area contributed by atoms with Gasteiger partial charge in [-0.1, -0.05) is 0 Å². The lowest BCUT2D eigenvalue weighted by Gasteiger charge is -2.47. The maximum absolute atomic E-state index is 14.3. The van der Waals surface area contributed by atoms with Gasteiger partial charge in [0.1, 0.15) is 17.6 Å². The first kappa shape index (κ1) is 18.9. The Kier molecular flexibility index (Phi) is 5.48. The summed E-state index contributed by atoms with van der Waals surface area (Å²) in [6.07, 6.45) is 4.43. The van der Waals surface area contributed by atoms with Crippen LogP contribution in [0.3, 0.4) is 0 Å². The summed E-state index contributed by atoms with van der Waals surface area (Å²) in [6.45, 7) is 1.39. The third-order valence-electron chi connectivity index (χ3n) is 6.85. The van der Waals surface area contributed by atoms with Crippen LogP contribution in [0.1, 0.15) is 51.4 Å². The zero-order valence-corrected chi connectivity index (χ0v) is 15.9. The molecular weight excluding hydrogens is 359 g/mol. The fourth-order valence-corrected chi connectivity index (χ4v) is 5.76. The molecule has 0 spiro atoms. The second-order valence-electron chi connectivity index (χ2n) is 8.43. The molecule has 4 aliphatic rings. The van der Waals surface area contributed by atoms with E-state index in [-0.39, 0.29) is 47.7 Å². The Morgan fingerprint density at radius 2 is 1.88 bits per heavy atom. The maximum atomic E-state index is 14.3. The number of alkyl halides is 2. The van der Waals surface area contributed by atoms with Crippen LogP contribution in [0, 0.1) is 11.8 Å². The van der Waals surface area contributed by atoms with E-state index >= 15 is 0 Å². The Morgan fingerprint density at radius 1 is 1.12 bits per heavy atom. The van der Waals surface area contributed by atoms with Gasteiger partial charge in [0.2, 0.25) is 0 Å². The Morgan fingerprint density at radius 3 is 2.65 bits per heavy atom. The van der Waals surface area contributed by atoms with Crippen LogP contribution in [-0.2, 0) is 9.47 Å². The van der Waals surface area contributed by atoms with Crippen LogP contribution < -0.4 is 5.73 Å². The fraction of sp³-hybridized carbons (Fsp3) is 0.947. The van der Waals surface area contributed by atoms with Crippen LogP contribution in [-0.4, -0.2) is 59.6 Å². The number of aliphatic hydroxyl groups is 1. The third-order valence-corrected chi connectivity index (χ3v) is 7.25. The number of hydrogen-bond donors (Lipinski definition) is 2. The van der Waals surface area contributed by atoms with Crippen molar-refractivity contribution in [2.75, 3.05) is 13.2 Å². The number of nitrogens with two attached hydrogens (primary N) is 1. The first-order chi connectivity index (χ1) is 12.5. The van der Waals surface area contributed by atoms with Crippen molar-refractivity contribution in [1.82, 2.24) is 0 Å². The van der Waals surface area contributed by atoms with Crippen molar-refractivity contribution < 1.29 is 19.0 Å². The molecule has 0 amide bonds. The summed E-state index contributed by atoms with van der Waals surface area (Å²) in [5, 5.41) is 11.7. The van der Waals surface area contributed by atoms with E-state index in [1.165, 1.54) is 0 Å². The number of aliphatic imine (C=N–C) groups is 1. The third kappa shape index (κ3) is 3.38. The van der Waals surface area contributed by atoms with Crippen molar-refractivity contribution >= 4 is 17.4 Å². The Bertz CT molecular complexity index is 545. The Hall–Kier alpha value is -0.430. The normalized spacial score (nSPS) is 47.4. The average molecular weight is 389 g/mol. The molecule has 3 fully saturated rings. The highest BCUT2D eigenvalue weighted by Gasteiger charge is 2.59. The topological polar surface area (TPSA) is 77.1 Å². The van der Waals surface area contributed by atoms with Gasteiger partial charge in [-0.3, -0.25) is 4.99 Å². The monoisotopic (exact) mass is 388 g/mol. The van der Waals surface area contributed by atoms with E-state index in [9.17, 15) is 9.50 Å². The molecule has 0 aromatic carbocycles. The lowest BCUT2D eigenvalue weighted by Crippen LogP contribution is -2.60. The molecule has 2 saturated carbocycles. The van der Waals surface area contributed by atoms with Crippen LogP contribution in [0.5, 0.6) is 0 Å². The minimum absolute atomic E-state index is 0.00119. The number of halogens is 2. The van der Waals surface area contributed by atoms with Gasteiger partial charge in [0, 0.05) is 30.4 Å². The summed E-state index contributed by atoms with van der Waals surface area (Å²) in [5.74, 6) is -0.234. The number of fused-ring (bicyclic) bond motifs is 1. The van der Waals surface area contributed by atoms with Crippen LogP contribution in [0.2, 0.25) is 0 Å². The van der Waals surface area contributed by atoms with E-state index in [1.54, 1.807) is 0 Å². The highest BCUT2D eigenvalue weighted by atomic mass is 35.5. The molecule has 0 bridgehead atoms. The molecule has 0 radical (unpaired) electrons.